The van der Waals surface area contributed by atoms with Crippen LogP contribution in [0, 0.1) is 17.0 Å². The van der Waals surface area contributed by atoms with Crippen LogP contribution >= 0.6 is 11.6 Å². The van der Waals surface area contributed by atoms with Crippen LogP contribution < -0.4 is 5.32 Å². The van der Waals surface area contributed by atoms with Gasteiger partial charge in [-0.3, -0.25) is 10.1 Å². The van der Waals surface area contributed by atoms with Crippen molar-refractivity contribution in [3.63, 3.8) is 0 Å². The maximum atomic E-state index is 10.9. The summed E-state index contributed by atoms with van der Waals surface area (Å²) in [4.78, 5) is 10.5. The highest BCUT2D eigenvalue weighted by atomic mass is 35.5. The molecule has 0 saturated heterocycles. The summed E-state index contributed by atoms with van der Waals surface area (Å²) in [5.41, 5.74) is 2.56. The predicted molar refractivity (Wildman–Crippen MR) is 76.6 cm³/mol. The summed E-state index contributed by atoms with van der Waals surface area (Å²) >= 11 is 6.00. The standard InChI is InChI=1S/C14H13ClN2O2/c1-10-5-7-11(8-6-10)9-16-14-12(15)3-2-4-13(14)17(18)19/h2-8,16H,9H2,1H3. The van der Waals surface area contributed by atoms with Crippen molar-refractivity contribution in [2.24, 2.45) is 0 Å². The number of benzene rings is 2. The first kappa shape index (κ1) is 13.4. The predicted octanol–water partition coefficient (Wildman–Crippen LogP) is 4.17. The first-order valence-corrected chi connectivity index (χ1v) is 6.18. The molecule has 0 aromatic heterocycles. The van der Waals surface area contributed by atoms with Crippen molar-refractivity contribution in [2.75, 3.05) is 5.32 Å². The number of hydrogen-bond donors (Lipinski definition) is 1. The molecule has 0 amide bonds. The van der Waals surface area contributed by atoms with Crippen LogP contribution in [0.3, 0.4) is 0 Å². The fraction of sp³-hybridized carbons (Fsp3) is 0.143. The second kappa shape index (κ2) is 5.71. The van der Waals surface area contributed by atoms with Crippen LogP contribution in [0.1, 0.15) is 11.1 Å². The van der Waals surface area contributed by atoms with E-state index in [1.807, 2.05) is 31.2 Å². The molecule has 2 aromatic rings. The molecule has 0 atom stereocenters. The Morgan fingerprint density at radius 3 is 2.53 bits per heavy atom. The molecule has 0 saturated carbocycles. The summed E-state index contributed by atoms with van der Waals surface area (Å²) in [5, 5.41) is 14.3. The number of nitrogens with one attached hydrogen (secondary N) is 1. The SMILES string of the molecule is Cc1ccc(CNc2c(Cl)cccc2[N+](=O)[O-])cc1. The molecule has 2 aromatic carbocycles. The molecule has 0 bridgehead atoms. The molecule has 98 valence electrons. The van der Waals surface area contributed by atoms with Crippen molar-refractivity contribution in [2.45, 2.75) is 13.5 Å². The van der Waals surface area contributed by atoms with Crippen LogP contribution in [0.15, 0.2) is 42.5 Å². The summed E-state index contributed by atoms with van der Waals surface area (Å²) in [6.07, 6.45) is 0. The summed E-state index contributed by atoms with van der Waals surface area (Å²) in [6.45, 7) is 2.50. The molecule has 0 aliphatic carbocycles. The van der Waals surface area contributed by atoms with Crippen molar-refractivity contribution >= 4 is 23.0 Å². The minimum Gasteiger partial charge on any atom is -0.374 e. The number of nitrogens with zero attached hydrogens (tertiary/aromatic N) is 1. The second-order valence-corrected chi connectivity index (χ2v) is 4.64. The molecule has 5 heteroatoms. The highest BCUT2D eigenvalue weighted by Gasteiger charge is 2.15. The number of nitro benzene ring substituents is 1. The third-order valence-corrected chi connectivity index (χ3v) is 3.09. The van der Waals surface area contributed by atoms with Gasteiger partial charge in [0.25, 0.3) is 5.69 Å². The van der Waals surface area contributed by atoms with E-state index in [0.717, 1.165) is 5.56 Å². The average molecular weight is 277 g/mol. The summed E-state index contributed by atoms with van der Waals surface area (Å²) in [6, 6.07) is 12.6. The lowest BCUT2D eigenvalue weighted by molar-refractivity contribution is -0.383. The van der Waals surface area contributed by atoms with Crippen LogP contribution in [0.25, 0.3) is 0 Å². The average Bonchev–Trinajstić information content (AvgIpc) is 2.39. The number of para-hydroxylation sites is 1. The fourth-order valence-electron chi connectivity index (χ4n) is 1.74. The highest BCUT2D eigenvalue weighted by molar-refractivity contribution is 6.33. The molecule has 0 aliphatic rings. The lowest BCUT2D eigenvalue weighted by Gasteiger charge is -2.09. The summed E-state index contributed by atoms with van der Waals surface area (Å²) < 4.78 is 0. The third kappa shape index (κ3) is 3.23. The van der Waals surface area contributed by atoms with E-state index in [9.17, 15) is 10.1 Å². The van der Waals surface area contributed by atoms with E-state index >= 15 is 0 Å². The third-order valence-electron chi connectivity index (χ3n) is 2.78. The van der Waals surface area contributed by atoms with Crippen molar-refractivity contribution in [1.82, 2.24) is 0 Å². The zero-order valence-electron chi connectivity index (χ0n) is 10.4. The number of rotatable bonds is 4. The van der Waals surface area contributed by atoms with Crippen LogP contribution in [-0.4, -0.2) is 4.92 Å². The van der Waals surface area contributed by atoms with Gasteiger partial charge in [-0.05, 0) is 18.6 Å². The molecule has 0 fully saturated rings. The Balaban J connectivity index is 2.19. The normalized spacial score (nSPS) is 10.2. The number of aryl methyl sites for hydroxylation is 1. The zero-order valence-corrected chi connectivity index (χ0v) is 11.1. The van der Waals surface area contributed by atoms with E-state index in [2.05, 4.69) is 5.32 Å². The van der Waals surface area contributed by atoms with Gasteiger partial charge in [-0.25, -0.2) is 0 Å². The van der Waals surface area contributed by atoms with Gasteiger partial charge >= 0.3 is 0 Å². The van der Waals surface area contributed by atoms with E-state index in [4.69, 9.17) is 11.6 Å². The number of anilines is 1. The first-order chi connectivity index (χ1) is 9.08. The maximum absolute atomic E-state index is 10.9. The highest BCUT2D eigenvalue weighted by Crippen LogP contribution is 2.32. The molecule has 4 nitrogen and oxygen atoms in total. The lowest BCUT2D eigenvalue weighted by Crippen LogP contribution is -2.03. The number of halogens is 1. The maximum Gasteiger partial charge on any atom is 0.293 e. The Kier molecular flexibility index (Phi) is 4.02. The lowest BCUT2D eigenvalue weighted by atomic mass is 10.1. The van der Waals surface area contributed by atoms with Crippen LogP contribution in [0.4, 0.5) is 11.4 Å². The van der Waals surface area contributed by atoms with Crippen LogP contribution in [0.2, 0.25) is 5.02 Å². The first-order valence-electron chi connectivity index (χ1n) is 5.80. The van der Waals surface area contributed by atoms with Gasteiger partial charge in [0, 0.05) is 12.6 Å². The minimum absolute atomic E-state index is 0.0142. The van der Waals surface area contributed by atoms with Gasteiger partial charge in [0.15, 0.2) is 0 Å². The van der Waals surface area contributed by atoms with Gasteiger partial charge in [0.05, 0.1) is 9.95 Å². The van der Waals surface area contributed by atoms with Gasteiger partial charge in [0.1, 0.15) is 5.69 Å². The van der Waals surface area contributed by atoms with Crippen molar-refractivity contribution < 1.29 is 4.92 Å². The molecule has 0 unspecified atom stereocenters. The van der Waals surface area contributed by atoms with E-state index in [-0.39, 0.29) is 5.69 Å². The van der Waals surface area contributed by atoms with Crippen LogP contribution in [0.5, 0.6) is 0 Å². The Hall–Kier alpha value is -2.07. The molecule has 19 heavy (non-hydrogen) atoms. The monoisotopic (exact) mass is 276 g/mol. The summed E-state index contributed by atoms with van der Waals surface area (Å²) in [5.74, 6) is 0. The fourth-order valence-corrected chi connectivity index (χ4v) is 1.97. The van der Waals surface area contributed by atoms with Gasteiger partial charge in [-0.15, -0.1) is 0 Å². The Morgan fingerprint density at radius 2 is 1.89 bits per heavy atom. The molecule has 0 radical (unpaired) electrons. The molecule has 0 heterocycles. The van der Waals surface area contributed by atoms with Gasteiger partial charge in [-0.2, -0.15) is 0 Å². The topological polar surface area (TPSA) is 55.2 Å². The molecular weight excluding hydrogens is 264 g/mol. The van der Waals surface area contributed by atoms with Gasteiger partial charge < -0.3 is 5.32 Å². The van der Waals surface area contributed by atoms with Gasteiger partial charge in [-0.1, -0.05) is 47.5 Å². The Labute approximate surface area is 116 Å². The Bertz CT molecular complexity index is 597. The van der Waals surface area contributed by atoms with Gasteiger partial charge in [0.2, 0.25) is 0 Å². The number of nitro groups is 1. The van der Waals surface area contributed by atoms with E-state index in [0.29, 0.717) is 17.3 Å². The minimum atomic E-state index is -0.441. The quantitative estimate of drug-likeness (QED) is 0.673. The molecule has 1 N–H and O–H groups in total. The van der Waals surface area contributed by atoms with E-state index < -0.39 is 4.92 Å². The molecular formula is C14H13ClN2O2. The molecule has 0 aliphatic heterocycles. The van der Waals surface area contributed by atoms with Crippen molar-refractivity contribution in [1.29, 1.82) is 0 Å². The smallest absolute Gasteiger partial charge is 0.293 e. The second-order valence-electron chi connectivity index (χ2n) is 4.23. The molecule has 2 rings (SSSR count). The summed E-state index contributed by atoms with van der Waals surface area (Å²) in [7, 11) is 0. The number of hydrogen-bond acceptors (Lipinski definition) is 3. The van der Waals surface area contributed by atoms with Crippen molar-refractivity contribution in [3.05, 3.63) is 68.7 Å². The van der Waals surface area contributed by atoms with E-state index in [1.54, 1.807) is 12.1 Å². The largest absolute Gasteiger partial charge is 0.374 e. The molecule has 0 spiro atoms. The Morgan fingerprint density at radius 1 is 1.21 bits per heavy atom. The zero-order chi connectivity index (χ0) is 13.8. The van der Waals surface area contributed by atoms with Crippen LogP contribution in [-0.2, 0) is 6.54 Å². The van der Waals surface area contributed by atoms with E-state index in [1.165, 1.54) is 11.6 Å². The van der Waals surface area contributed by atoms with Crippen molar-refractivity contribution in [3.8, 4) is 0 Å².